The zero-order valence-corrected chi connectivity index (χ0v) is 25.5. The first-order valence-electron chi connectivity index (χ1n) is 15.7. The van der Waals surface area contributed by atoms with Gasteiger partial charge < -0.3 is 20.1 Å². The number of piperazine rings is 1. The number of ether oxygens (including phenoxy) is 1. The minimum atomic E-state index is -0.756. The van der Waals surface area contributed by atoms with Crippen LogP contribution in [0.4, 0.5) is 14.6 Å². The summed E-state index contributed by atoms with van der Waals surface area (Å²) in [5.74, 6) is 0.232. The molecule has 4 aromatic rings. The summed E-state index contributed by atoms with van der Waals surface area (Å²) in [4.78, 5) is 14.0. The van der Waals surface area contributed by atoms with Crippen molar-refractivity contribution in [3.8, 4) is 22.9 Å². The van der Waals surface area contributed by atoms with Crippen molar-refractivity contribution in [2.45, 2.75) is 57.3 Å². The SMILES string of the molecule is Cc1c(Cl)ccc2cc(O)cc(-c3ccc4c(N5CC6CCC(C5)N6)nc(OCC5(CN6CC[C@@H](F)C6)CC5)nc4c3F)c12. The van der Waals surface area contributed by atoms with Crippen molar-refractivity contribution in [2.24, 2.45) is 5.41 Å². The zero-order valence-electron chi connectivity index (χ0n) is 24.8. The molecular formula is C34H36ClF2N5O2. The number of hydrogen-bond acceptors (Lipinski definition) is 7. The summed E-state index contributed by atoms with van der Waals surface area (Å²) in [6.45, 7) is 5.92. The number of rotatable bonds is 7. The van der Waals surface area contributed by atoms with Gasteiger partial charge in [-0.25, -0.2) is 8.78 Å². The maximum Gasteiger partial charge on any atom is 0.319 e. The summed E-state index contributed by atoms with van der Waals surface area (Å²) in [7, 11) is 0. The maximum atomic E-state index is 16.8. The van der Waals surface area contributed by atoms with Gasteiger partial charge in [0.15, 0.2) is 5.82 Å². The smallest absolute Gasteiger partial charge is 0.319 e. The van der Waals surface area contributed by atoms with Gasteiger partial charge in [0, 0.05) is 66.2 Å². The van der Waals surface area contributed by atoms with Crippen molar-refractivity contribution in [3.05, 3.63) is 52.8 Å². The van der Waals surface area contributed by atoms with Crippen molar-refractivity contribution in [2.75, 3.05) is 44.2 Å². The molecule has 4 heterocycles. The highest BCUT2D eigenvalue weighted by molar-refractivity contribution is 6.32. The fourth-order valence-electron chi connectivity index (χ4n) is 7.57. The van der Waals surface area contributed by atoms with E-state index in [9.17, 15) is 9.50 Å². The summed E-state index contributed by atoms with van der Waals surface area (Å²) in [5, 5.41) is 17.0. The second kappa shape index (κ2) is 10.7. The molecule has 4 aliphatic rings. The Labute approximate surface area is 260 Å². The third-order valence-electron chi connectivity index (χ3n) is 10.1. The number of anilines is 1. The van der Waals surface area contributed by atoms with Gasteiger partial charge in [-0.15, -0.1) is 0 Å². The molecule has 1 saturated carbocycles. The van der Waals surface area contributed by atoms with Gasteiger partial charge in [0.1, 0.15) is 23.3 Å². The number of aromatic nitrogens is 2. The lowest BCUT2D eigenvalue weighted by Gasteiger charge is -2.34. The maximum absolute atomic E-state index is 16.8. The first-order chi connectivity index (χ1) is 21.2. The summed E-state index contributed by atoms with van der Waals surface area (Å²) >= 11 is 6.49. The quantitative estimate of drug-likeness (QED) is 0.248. The van der Waals surface area contributed by atoms with Crippen LogP contribution in [0.3, 0.4) is 0 Å². The van der Waals surface area contributed by atoms with E-state index in [4.69, 9.17) is 21.3 Å². The second-order valence-electron chi connectivity index (χ2n) is 13.4. The Morgan fingerprint density at radius 1 is 1.05 bits per heavy atom. The molecule has 230 valence electrons. The van der Waals surface area contributed by atoms with Crippen LogP contribution in [0.5, 0.6) is 11.8 Å². The number of hydrogen-bond donors (Lipinski definition) is 2. The zero-order chi connectivity index (χ0) is 30.2. The van der Waals surface area contributed by atoms with Crippen molar-refractivity contribution >= 4 is 39.1 Å². The topological polar surface area (TPSA) is 73.8 Å². The highest BCUT2D eigenvalue weighted by atomic mass is 35.5. The van der Waals surface area contributed by atoms with Gasteiger partial charge in [0.25, 0.3) is 0 Å². The van der Waals surface area contributed by atoms with E-state index >= 15 is 4.39 Å². The highest BCUT2D eigenvalue weighted by Crippen LogP contribution is 2.47. The van der Waals surface area contributed by atoms with Gasteiger partial charge >= 0.3 is 6.01 Å². The fourth-order valence-corrected chi connectivity index (χ4v) is 7.73. The fraction of sp³-hybridized carbons (Fsp3) is 0.471. The molecule has 3 atom stereocenters. The Balaban J connectivity index is 1.21. The van der Waals surface area contributed by atoms with Crippen LogP contribution in [0.1, 0.15) is 37.7 Å². The first-order valence-corrected chi connectivity index (χ1v) is 16.1. The predicted octanol–water partition coefficient (Wildman–Crippen LogP) is 6.40. The van der Waals surface area contributed by atoms with E-state index in [0.717, 1.165) is 68.2 Å². The first kappa shape index (κ1) is 28.2. The molecule has 2 unspecified atom stereocenters. The normalized spacial score (nSPS) is 24.5. The van der Waals surface area contributed by atoms with Crippen LogP contribution in [0.15, 0.2) is 36.4 Å². The molecule has 0 amide bonds. The number of nitrogens with zero attached hydrogens (tertiary/aromatic N) is 4. The Morgan fingerprint density at radius 3 is 2.57 bits per heavy atom. The molecule has 10 heteroatoms. The van der Waals surface area contributed by atoms with Crippen molar-refractivity contribution in [1.82, 2.24) is 20.2 Å². The highest BCUT2D eigenvalue weighted by Gasteiger charge is 2.46. The van der Waals surface area contributed by atoms with E-state index in [0.29, 0.717) is 59.0 Å². The third-order valence-corrected chi connectivity index (χ3v) is 10.5. The van der Waals surface area contributed by atoms with Gasteiger partial charge in [-0.3, -0.25) is 4.90 Å². The van der Waals surface area contributed by atoms with Crippen molar-refractivity contribution in [1.29, 1.82) is 0 Å². The molecule has 2 bridgehead atoms. The van der Waals surface area contributed by atoms with Crippen LogP contribution in [-0.4, -0.2) is 77.6 Å². The monoisotopic (exact) mass is 619 g/mol. The largest absolute Gasteiger partial charge is 0.508 e. The molecular weight excluding hydrogens is 584 g/mol. The van der Waals surface area contributed by atoms with E-state index in [1.165, 1.54) is 0 Å². The number of aryl methyl sites for hydroxylation is 1. The van der Waals surface area contributed by atoms with Crippen LogP contribution in [0.25, 0.3) is 32.8 Å². The van der Waals surface area contributed by atoms with Crippen molar-refractivity contribution < 1.29 is 18.6 Å². The van der Waals surface area contributed by atoms with Crippen LogP contribution in [0.2, 0.25) is 5.02 Å². The van der Waals surface area contributed by atoms with E-state index in [2.05, 4.69) is 20.1 Å². The molecule has 44 heavy (non-hydrogen) atoms. The molecule has 0 spiro atoms. The lowest BCUT2D eigenvalue weighted by molar-refractivity contribution is 0.165. The lowest BCUT2D eigenvalue weighted by Crippen LogP contribution is -2.51. The van der Waals surface area contributed by atoms with Crippen LogP contribution in [0, 0.1) is 18.2 Å². The average molecular weight is 620 g/mol. The Morgan fingerprint density at radius 2 is 1.84 bits per heavy atom. The molecule has 1 aliphatic carbocycles. The molecule has 0 radical (unpaired) electrons. The van der Waals surface area contributed by atoms with Gasteiger partial charge in [0.2, 0.25) is 0 Å². The standard InChI is InChI=1S/C34H36ClF2N5O2/c1-19-28(35)7-2-20-12-24(43)13-27(29(19)20)25-5-6-26-31(30(25)37)39-33(40-32(26)42-15-22-3-4-23(16-42)38-22)44-18-34(9-10-34)17-41-11-8-21(36)14-41/h2,5-7,12-13,21-23,38,43H,3-4,8-11,14-18H2,1H3/t21-,22?,23?/m1/s1. The minimum Gasteiger partial charge on any atom is -0.508 e. The summed E-state index contributed by atoms with van der Waals surface area (Å²) in [5.41, 5.74) is 1.83. The molecule has 8 rings (SSSR count). The minimum absolute atomic E-state index is 0.0456. The second-order valence-corrected chi connectivity index (χ2v) is 13.8. The van der Waals surface area contributed by atoms with Gasteiger partial charge in [-0.2, -0.15) is 9.97 Å². The molecule has 4 fully saturated rings. The molecule has 1 aromatic heterocycles. The van der Waals surface area contributed by atoms with E-state index in [1.54, 1.807) is 24.3 Å². The molecule has 3 saturated heterocycles. The van der Waals surface area contributed by atoms with Crippen LogP contribution < -0.4 is 15.0 Å². The summed E-state index contributed by atoms with van der Waals surface area (Å²) in [6.07, 6.45) is 4.06. The number of halogens is 3. The van der Waals surface area contributed by atoms with Gasteiger partial charge in [0.05, 0.1) is 6.61 Å². The number of benzene rings is 3. The van der Waals surface area contributed by atoms with E-state index in [1.807, 2.05) is 19.1 Å². The predicted molar refractivity (Wildman–Crippen MR) is 169 cm³/mol. The van der Waals surface area contributed by atoms with Crippen molar-refractivity contribution in [3.63, 3.8) is 0 Å². The number of phenolic OH excluding ortho intramolecular Hbond substituents is 1. The van der Waals surface area contributed by atoms with Gasteiger partial charge in [-0.05, 0) is 85.2 Å². The van der Waals surface area contributed by atoms with E-state index < -0.39 is 12.0 Å². The molecule has 2 N–H and O–H groups in total. The third kappa shape index (κ3) is 5.03. The Hall–Kier alpha value is -3.27. The molecule has 7 nitrogen and oxygen atoms in total. The summed E-state index contributed by atoms with van der Waals surface area (Å²) in [6, 6.07) is 11.4. The number of nitrogens with one attached hydrogen (secondary N) is 1. The van der Waals surface area contributed by atoms with Crippen LogP contribution in [-0.2, 0) is 0 Å². The molecule has 3 aromatic carbocycles. The number of phenols is 1. The van der Waals surface area contributed by atoms with E-state index in [-0.39, 0.29) is 22.7 Å². The summed E-state index contributed by atoms with van der Waals surface area (Å²) < 4.78 is 36.9. The van der Waals surface area contributed by atoms with Crippen LogP contribution >= 0.6 is 11.6 Å². The Bertz CT molecular complexity index is 1770. The number of alkyl halides is 1. The Kier molecular flexibility index (Phi) is 6.84. The average Bonchev–Trinajstić information content (AvgIpc) is 3.52. The molecule has 3 aliphatic heterocycles. The van der Waals surface area contributed by atoms with Gasteiger partial charge in [-0.1, -0.05) is 23.7 Å². The lowest BCUT2D eigenvalue weighted by atomic mass is 9.93. The number of likely N-dealkylation sites (tertiary alicyclic amines) is 1. The number of fused-ring (bicyclic) bond motifs is 4. The number of aromatic hydroxyl groups is 1.